The van der Waals surface area contributed by atoms with Gasteiger partial charge >= 0.3 is 35.8 Å². The summed E-state index contributed by atoms with van der Waals surface area (Å²) in [4.78, 5) is 22.0. The fraction of sp³-hybridized carbons (Fsp3) is 0.913. The zero-order valence-corrected chi connectivity index (χ0v) is 40.7. The van der Waals surface area contributed by atoms with Gasteiger partial charge in [0.2, 0.25) is 0 Å². The fourth-order valence-corrected chi connectivity index (χ4v) is 5.76. The second kappa shape index (κ2) is 64.3. The molecular formula is C46H92O4S2Sn. The molecule has 53 heavy (non-hydrogen) atoms. The topological polar surface area (TPSA) is 52.6 Å². The van der Waals surface area contributed by atoms with E-state index in [1.165, 1.54) is 180 Å². The van der Waals surface area contributed by atoms with Crippen molar-refractivity contribution in [2.24, 2.45) is 0 Å². The summed E-state index contributed by atoms with van der Waals surface area (Å²) >= 11 is 9.43. The second-order valence-electron chi connectivity index (χ2n) is 14.2. The van der Waals surface area contributed by atoms with E-state index in [1.807, 2.05) is 0 Å². The van der Waals surface area contributed by atoms with E-state index in [0.717, 1.165) is 25.7 Å². The van der Waals surface area contributed by atoms with Gasteiger partial charge in [0.15, 0.2) is 0 Å². The van der Waals surface area contributed by atoms with Crippen LogP contribution < -0.4 is 0 Å². The number of carbonyl (C=O) groups is 2. The molecular weight excluding hydrogens is 799 g/mol. The minimum absolute atomic E-state index is 0. The average Bonchev–Trinajstić information content (AvgIpc) is 3.14. The molecule has 0 aliphatic heterocycles. The van der Waals surface area contributed by atoms with Gasteiger partial charge in [0.1, 0.15) is 0 Å². The second-order valence-corrected chi connectivity index (χ2v) is 15.1. The minimum atomic E-state index is -0.138. The third-order valence-electron chi connectivity index (χ3n) is 8.84. The Morgan fingerprint density at radius 2 is 0.585 bits per heavy atom. The van der Waals surface area contributed by atoms with Crippen molar-refractivity contribution in [2.45, 2.75) is 246 Å². The van der Waals surface area contributed by atoms with E-state index in [9.17, 15) is 9.59 Å². The first-order valence-corrected chi connectivity index (χ1v) is 23.7. The molecule has 4 nitrogen and oxygen atoms in total. The third kappa shape index (κ3) is 74.1. The van der Waals surface area contributed by atoms with E-state index >= 15 is 0 Å². The van der Waals surface area contributed by atoms with Gasteiger partial charge in [0.05, 0.1) is 13.2 Å². The molecule has 0 atom stereocenters. The van der Waals surface area contributed by atoms with Crippen LogP contribution in [0.15, 0.2) is 0 Å². The van der Waals surface area contributed by atoms with Crippen LogP contribution in [0.5, 0.6) is 0 Å². The first-order valence-electron chi connectivity index (χ1n) is 22.5. The van der Waals surface area contributed by atoms with Gasteiger partial charge in [-0.15, -0.1) is 0 Å². The predicted molar refractivity (Wildman–Crippen MR) is 243 cm³/mol. The van der Waals surface area contributed by atoms with E-state index in [0.29, 0.717) is 37.6 Å². The first-order chi connectivity index (χ1) is 25.4. The number of esters is 2. The SMILES string of the molecule is CCCCCCCCCCCCOC(=O)CC[S-].CCCCCCCCCCCCOC(=O)CC[S-].[CH2]CCCCCCC.[CH2]CCCCCCC.[Sn+2]. The Labute approximate surface area is 362 Å². The van der Waals surface area contributed by atoms with Crippen molar-refractivity contribution >= 4 is 61.1 Å². The number of carbonyl (C=O) groups excluding carboxylic acids is 2. The largest absolute Gasteiger partial charge is 2.00 e. The molecule has 0 aliphatic rings. The predicted octanol–water partition coefficient (Wildman–Crippen LogP) is 14.8. The summed E-state index contributed by atoms with van der Waals surface area (Å²) in [7, 11) is 0. The quantitative estimate of drug-likeness (QED) is 0.0270. The normalized spacial score (nSPS) is 10.1. The van der Waals surface area contributed by atoms with Gasteiger partial charge in [0.25, 0.3) is 0 Å². The van der Waals surface area contributed by atoms with Crippen molar-refractivity contribution in [3.05, 3.63) is 13.8 Å². The molecule has 0 unspecified atom stereocenters. The molecule has 0 rings (SSSR count). The average molecular weight is 892 g/mol. The Morgan fingerprint density at radius 1 is 0.377 bits per heavy atom. The molecule has 0 saturated heterocycles. The van der Waals surface area contributed by atoms with Crippen LogP contribution in [0.4, 0.5) is 0 Å². The van der Waals surface area contributed by atoms with Crippen LogP contribution in [0.1, 0.15) is 246 Å². The smallest absolute Gasteiger partial charge is 0.792 e. The molecule has 0 aromatic carbocycles. The standard InChI is InChI=1S/2C15H30O2S.2C8H17.Sn/c2*1-2-3-4-5-6-7-8-9-10-11-13-17-15(16)12-14-18;2*1-3-5-7-8-6-4-2;/h2*18H,2-14H2,1H3;2*1,3-8H2,2H3;/q;;;;+2/p-2. The molecule has 0 spiro atoms. The van der Waals surface area contributed by atoms with Crippen LogP contribution >= 0.6 is 0 Å². The number of hydrogen-bond donors (Lipinski definition) is 0. The zero-order chi connectivity index (χ0) is 39.4. The molecule has 4 radical (unpaired) electrons. The number of ether oxygens (including phenoxy) is 2. The first kappa shape index (κ1) is 62.6. The molecule has 0 bridgehead atoms. The van der Waals surface area contributed by atoms with Gasteiger partial charge in [-0.3, -0.25) is 9.59 Å². The summed E-state index contributed by atoms with van der Waals surface area (Å²) in [5.41, 5.74) is 0. The Kier molecular flexibility index (Phi) is 76.0. The monoisotopic (exact) mass is 893 g/mol. The van der Waals surface area contributed by atoms with Crippen LogP contribution in [0.25, 0.3) is 0 Å². The van der Waals surface area contributed by atoms with E-state index < -0.39 is 0 Å². The van der Waals surface area contributed by atoms with Crippen LogP contribution in [-0.2, 0) is 44.3 Å². The molecule has 7 heteroatoms. The maximum absolute atomic E-state index is 11.0. The van der Waals surface area contributed by atoms with Crippen LogP contribution in [0.3, 0.4) is 0 Å². The summed E-state index contributed by atoms with van der Waals surface area (Å²) < 4.78 is 10.1. The Hall–Kier alpha value is 0.439. The van der Waals surface area contributed by atoms with E-state index in [-0.39, 0.29) is 35.8 Å². The van der Waals surface area contributed by atoms with Gasteiger partial charge in [-0.1, -0.05) is 234 Å². The molecule has 0 aliphatic carbocycles. The van der Waals surface area contributed by atoms with Crippen LogP contribution in [-0.4, -0.2) is 60.6 Å². The summed E-state index contributed by atoms with van der Waals surface area (Å²) in [5, 5.41) is 0. The summed E-state index contributed by atoms with van der Waals surface area (Å²) in [6.45, 7) is 17.7. The van der Waals surface area contributed by atoms with Gasteiger partial charge in [-0.05, 0) is 12.8 Å². The number of unbranched alkanes of at least 4 members (excludes halogenated alkanes) is 28. The molecule has 0 aromatic rings. The van der Waals surface area contributed by atoms with Crippen molar-refractivity contribution in [1.29, 1.82) is 0 Å². The zero-order valence-electron chi connectivity index (χ0n) is 36.2. The van der Waals surface area contributed by atoms with Crippen LogP contribution in [0.2, 0.25) is 0 Å². The minimum Gasteiger partial charge on any atom is -0.792 e. The molecule has 0 fully saturated rings. The number of rotatable bonds is 36. The van der Waals surface area contributed by atoms with Gasteiger partial charge in [0, 0.05) is 12.8 Å². The maximum atomic E-state index is 11.0. The summed E-state index contributed by atoms with van der Waals surface area (Å²) in [6.07, 6.45) is 42.7. The Bertz CT molecular complexity index is 560. The van der Waals surface area contributed by atoms with Crippen molar-refractivity contribution in [3.63, 3.8) is 0 Å². The molecule has 0 amide bonds. The van der Waals surface area contributed by atoms with Crippen molar-refractivity contribution in [3.8, 4) is 0 Å². The third-order valence-corrected chi connectivity index (χ3v) is 9.25. The fourth-order valence-electron chi connectivity index (χ4n) is 5.42. The Morgan fingerprint density at radius 3 is 0.792 bits per heavy atom. The van der Waals surface area contributed by atoms with Crippen molar-refractivity contribution < 1.29 is 19.1 Å². The molecule has 0 heterocycles. The van der Waals surface area contributed by atoms with Crippen molar-refractivity contribution in [2.75, 3.05) is 24.7 Å². The molecule has 316 valence electrons. The molecule has 0 N–H and O–H groups in total. The summed E-state index contributed by atoms with van der Waals surface area (Å²) in [6, 6.07) is 0. The van der Waals surface area contributed by atoms with E-state index in [1.54, 1.807) is 0 Å². The molecule has 0 saturated carbocycles. The number of hydrogen-bond acceptors (Lipinski definition) is 6. The van der Waals surface area contributed by atoms with Gasteiger partial charge < -0.3 is 34.7 Å². The van der Waals surface area contributed by atoms with Crippen molar-refractivity contribution in [1.82, 2.24) is 0 Å². The van der Waals surface area contributed by atoms with Gasteiger partial charge in [-0.2, -0.15) is 11.5 Å². The summed E-state index contributed by atoms with van der Waals surface area (Å²) in [5.74, 6) is 0.662. The van der Waals surface area contributed by atoms with Crippen LogP contribution in [0, 0.1) is 13.8 Å². The van der Waals surface area contributed by atoms with E-state index in [2.05, 4.69) is 41.5 Å². The van der Waals surface area contributed by atoms with E-state index in [4.69, 9.17) is 34.7 Å². The Balaban J connectivity index is -0.000000205. The molecule has 0 aromatic heterocycles. The maximum Gasteiger partial charge on any atom is 2.00 e. The van der Waals surface area contributed by atoms with Gasteiger partial charge in [-0.25, -0.2) is 0 Å².